The number of nitrogens with zero attached hydrogens (tertiary/aromatic N) is 1. The highest BCUT2D eigenvalue weighted by Crippen LogP contribution is 2.33. The van der Waals surface area contributed by atoms with Gasteiger partial charge in [-0.2, -0.15) is 0 Å². The predicted octanol–water partition coefficient (Wildman–Crippen LogP) is 4.05. The molecule has 2 fully saturated rings. The van der Waals surface area contributed by atoms with E-state index in [1.165, 1.54) is 0 Å². The molecule has 1 aromatic carbocycles. The molecule has 0 spiro atoms. The second-order valence-electron chi connectivity index (χ2n) is 8.94. The van der Waals surface area contributed by atoms with E-state index in [2.05, 4.69) is 20.8 Å². The number of carbonyl (C=O) groups is 1. The highest BCUT2D eigenvalue weighted by atomic mass is 16.5. The first kappa shape index (κ1) is 22.9. The summed E-state index contributed by atoms with van der Waals surface area (Å²) in [6, 6.07) is 5.95. The Labute approximate surface area is 180 Å². The van der Waals surface area contributed by atoms with Crippen LogP contribution in [0.3, 0.4) is 0 Å². The molecule has 1 atom stereocenters. The Kier molecular flexibility index (Phi) is 8.00. The van der Waals surface area contributed by atoms with Crippen LogP contribution in [0.2, 0.25) is 0 Å². The van der Waals surface area contributed by atoms with Gasteiger partial charge in [0, 0.05) is 31.0 Å². The molecule has 0 bridgehead atoms. The maximum Gasteiger partial charge on any atom is 0.226 e. The number of methoxy groups -OCH3 is 1. The molecular formula is C24H37NO5. The number of carbonyl (C=O) groups excluding carboxylic acids is 1. The molecule has 0 unspecified atom stereocenters. The van der Waals surface area contributed by atoms with Gasteiger partial charge in [-0.3, -0.25) is 4.79 Å². The second-order valence-corrected chi connectivity index (χ2v) is 8.94. The standard InChI is InChI=1S/C24H37NO5/c1-5-19(6-2)23(26)25(14-20-8-7-11-29-20)13-18-9-10-21(27-4)22(12-18)30-17-24(3)15-28-16-24/h9-10,12,19-20H,5-8,11,13-17H2,1-4H3/t20-/m1/s1. The molecule has 0 saturated carbocycles. The molecule has 2 heterocycles. The fraction of sp³-hybridized carbons (Fsp3) is 0.708. The van der Waals surface area contributed by atoms with Gasteiger partial charge in [0.15, 0.2) is 11.5 Å². The Morgan fingerprint density at radius 3 is 2.60 bits per heavy atom. The summed E-state index contributed by atoms with van der Waals surface area (Å²) in [5.41, 5.74) is 1.09. The summed E-state index contributed by atoms with van der Waals surface area (Å²) in [7, 11) is 1.65. The van der Waals surface area contributed by atoms with Gasteiger partial charge in [-0.25, -0.2) is 0 Å². The van der Waals surface area contributed by atoms with Crippen molar-refractivity contribution in [2.45, 2.75) is 59.1 Å². The van der Waals surface area contributed by atoms with Crippen molar-refractivity contribution >= 4 is 5.91 Å². The van der Waals surface area contributed by atoms with E-state index in [9.17, 15) is 4.79 Å². The maximum atomic E-state index is 13.2. The quantitative estimate of drug-likeness (QED) is 0.541. The van der Waals surface area contributed by atoms with Crippen LogP contribution in [0, 0.1) is 11.3 Å². The smallest absolute Gasteiger partial charge is 0.226 e. The molecule has 1 aromatic rings. The molecule has 0 N–H and O–H groups in total. The summed E-state index contributed by atoms with van der Waals surface area (Å²) >= 11 is 0. The van der Waals surface area contributed by atoms with E-state index in [-0.39, 0.29) is 23.3 Å². The first-order valence-electron chi connectivity index (χ1n) is 11.3. The van der Waals surface area contributed by atoms with Gasteiger partial charge in [0.2, 0.25) is 5.91 Å². The first-order chi connectivity index (χ1) is 14.5. The summed E-state index contributed by atoms with van der Waals surface area (Å²) in [6.45, 7) is 10.3. The number of rotatable bonds is 11. The number of ether oxygens (including phenoxy) is 4. The normalized spacial score (nSPS) is 20.1. The first-order valence-corrected chi connectivity index (χ1v) is 11.3. The minimum atomic E-state index is 0.0539. The van der Waals surface area contributed by atoms with Crippen molar-refractivity contribution in [3.8, 4) is 11.5 Å². The van der Waals surface area contributed by atoms with Crippen LogP contribution in [0.15, 0.2) is 18.2 Å². The minimum Gasteiger partial charge on any atom is -0.493 e. The number of amides is 1. The summed E-state index contributed by atoms with van der Waals surface area (Å²) < 4.78 is 22.7. The van der Waals surface area contributed by atoms with Crippen LogP contribution in [0.1, 0.15) is 52.0 Å². The summed E-state index contributed by atoms with van der Waals surface area (Å²) in [5, 5.41) is 0. The SMILES string of the molecule is CCC(CC)C(=O)N(Cc1ccc(OC)c(OCC2(C)COC2)c1)C[C@H]1CCCO1. The maximum absolute atomic E-state index is 13.2. The Bertz CT molecular complexity index is 693. The van der Waals surface area contributed by atoms with E-state index in [1.54, 1.807) is 7.11 Å². The minimum absolute atomic E-state index is 0.0539. The molecular weight excluding hydrogens is 382 g/mol. The third-order valence-electron chi connectivity index (χ3n) is 6.17. The van der Waals surface area contributed by atoms with E-state index in [0.717, 1.165) is 43.6 Å². The van der Waals surface area contributed by atoms with Crippen LogP contribution in [0.25, 0.3) is 0 Å². The number of hydrogen-bond donors (Lipinski definition) is 0. The van der Waals surface area contributed by atoms with Gasteiger partial charge in [-0.15, -0.1) is 0 Å². The van der Waals surface area contributed by atoms with Crippen LogP contribution in [0.5, 0.6) is 11.5 Å². The molecule has 30 heavy (non-hydrogen) atoms. The molecule has 3 rings (SSSR count). The lowest BCUT2D eigenvalue weighted by atomic mass is 9.90. The molecule has 2 aliphatic rings. The fourth-order valence-corrected chi connectivity index (χ4v) is 4.10. The van der Waals surface area contributed by atoms with Crippen LogP contribution >= 0.6 is 0 Å². The van der Waals surface area contributed by atoms with E-state index in [4.69, 9.17) is 18.9 Å². The molecule has 0 aliphatic carbocycles. The Balaban J connectivity index is 1.74. The van der Waals surface area contributed by atoms with Gasteiger partial charge >= 0.3 is 0 Å². The molecule has 0 radical (unpaired) electrons. The lowest BCUT2D eigenvalue weighted by Gasteiger charge is -2.37. The zero-order valence-electron chi connectivity index (χ0n) is 18.9. The van der Waals surface area contributed by atoms with E-state index >= 15 is 0 Å². The van der Waals surface area contributed by atoms with Crippen LogP contribution in [-0.2, 0) is 20.8 Å². The summed E-state index contributed by atoms with van der Waals surface area (Å²) in [6.07, 6.45) is 3.94. The largest absolute Gasteiger partial charge is 0.493 e. The second kappa shape index (κ2) is 10.5. The Morgan fingerprint density at radius 2 is 2.03 bits per heavy atom. The zero-order valence-corrected chi connectivity index (χ0v) is 18.9. The highest BCUT2D eigenvalue weighted by molar-refractivity contribution is 5.78. The van der Waals surface area contributed by atoms with E-state index < -0.39 is 0 Å². The van der Waals surface area contributed by atoms with Crippen molar-refractivity contribution in [2.24, 2.45) is 11.3 Å². The van der Waals surface area contributed by atoms with Crippen molar-refractivity contribution in [1.82, 2.24) is 4.90 Å². The molecule has 168 valence electrons. The third-order valence-corrected chi connectivity index (χ3v) is 6.17. The van der Waals surface area contributed by atoms with Crippen LogP contribution < -0.4 is 9.47 Å². The molecule has 2 aliphatic heterocycles. The summed E-state index contributed by atoms with van der Waals surface area (Å²) in [4.78, 5) is 15.2. The molecule has 6 nitrogen and oxygen atoms in total. The summed E-state index contributed by atoms with van der Waals surface area (Å²) in [5.74, 6) is 1.70. The van der Waals surface area contributed by atoms with Gasteiger partial charge in [-0.05, 0) is 43.4 Å². The van der Waals surface area contributed by atoms with Crippen LogP contribution in [-0.4, -0.2) is 57.0 Å². The van der Waals surface area contributed by atoms with Gasteiger partial charge in [-0.1, -0.05) is 26.8 Å². The van der Waals surface area contributed by atoms with Crippen molar-refractivity contribution in [1.29, 1.82) is 0 Å². The third kappa shape index (κ3) is 5.67. The molecule has 0 aromatic heterocycles. The topological polar surface area (TPSA) is 57.2 Å². The van der Waals surface area contributed by atoms with Crippen molar-refractivity contribution in [3.63, 3.8) is 0 Å². The number of hydrogen-bond acceptors (Lipinski definition) is 5. The predicted molar refractivity (Wildman–Crippen MR) is 116 cm³/mol. The molecule has 1 amide bonds. The van der Waals surface area contributed by atoms with Gasteiger partial charge in [0.1, 0.15) is 0 Å². The lowest BCUT2D eigenvalue weighted by Crippen LogP contribution is -2.44. The van der Waals surface area contributed by atoms with Crippen molar-refractivity contribution in [2.75, 3.05) is 40.1 Å². The van der Waals surface area contributed by atoms with Crippen molar-refractivity contribution < 1.29 is 23.7 Å². The fourth-order valence-electron chi connectivity index (χ4n) is 4.10. The van der Waals surface area contributed by atoms with E-state index in [1.807, 2.05) is 23.1 Å². The highest BCUT2D eigenvalue weighted by Gasteiger charge is 2.34. The lowest BCUT2D eigenvalue weighted by molar-refractivity contribution is -0.138. The van der Waals surface area contributed by atoms with Gasteiger partial charge in [0.25, 0.3) is 0 Å². The van der Waals surface area contributed by atoms with Crippen molar-refractivity contribution in [3.05, 3.63) is 23.8 Å². The zero-order chi connectivity index (χ0) is 21.6. The average Bonchev–Trinajstić information content (AvgIpc) is 3.24. The average molecular weight is 420 g/mol. The van der Waals surface area contributed by atoms with Gasteiger partial charge < -0.3 is 23.8 Å². The van der Waals surface area contributed by atoms with Gasteiger partial charge in [0.05, 0.1) is 33.0 Å². The Morgan fingerprint density at radius 1 is 1.27 bits per heavy atom. The Hall–Kier alpha value is -1.79. The number of benzene rings is 1. The molecule has 2 saturated heterocycles. The molecule has 6 heteroatoms. The van der Waals surface area contributed by atoms with E-state index in [0.29, 0.717) is 38.7 Å². The monoisotopic (exact) mass is 419 g/mol. The van der Waals surface area contributed by atoms with Crippen LogP contribution in [0.4, 0.5) is 0 Å².